The number of pyridine rings is 1. The number of benzene rings is 1. The van der Waals surface area contributed by atoms with Gasteiger partial charge in [0.25, 0.3) is 5.91 Å². The highest BCUT2D eigenvalue weighted by Crippen LogP contribution is 2.32. The van der Waals surface area contributed by atoms with E-state index in [1.54, 1.807) is 6.20 Å². The summed E-state index contributed by atoms with van der Waals surface area (Å²) in [6.07, 6.45) is 5.82. The van der Waals surface area contributed by atoms with Gasteiger partial charge in [-0.3, -0.25) is 4.79 Å². The van der Waals surface area contributed by atoms with Gasteiger partial charge in [0.1, 0.15) is 11.4 Å². The molecule has 1 aliphatic heterocycles. The maximum Gasteiger partial charge on any atom is 0.260 e. The van der Waals surface area contributed by atoms with E-state index in [1.807, 2.05) is 29.2 Å². The second-order valence-electron chi connectivity index (χ2n) is 7.33. The van der Waals surface area contributed by atoms with Crippen molar-refractivity contribution in [3.05, 3.63) is 59.4 Å². The van der Waals surface area contributed by atoms with Crippen LogP contribution >= 0.6 is 0 Å². The number of likely N-dealkylation sites (tertiary alicyclic amines) is 1. The summed E-state index contributed by atoms with van der Waals surface area (Å²) in [7, 11) is 0. The third-order valence-electron chi connectivity index (χ3n) is 5.61. The van der Waals surface area contributed by atoms with Crippen LogP contribution in [-0.2, 0) is 4.79 Å². The van der Waals surface area contributed by atoms with E-state index >= 15 is 0 Å². The molecule has 0 saturated carbocycles. The molecular weight excluding hydrogens is 338 g/mol. The first-order valence-electron chi connectivity index (χ1n) is 9.51. The molecule has 0 aliphatic carbocycles. The molecule has 1 fully saturated rings. The van der Waals surface area contributed by atoms with Crippen LogP contribution in [0.5, 0.6) is 5.75 Å². The van der Waals surface area contributed by atoms with E-state index in [2.05, 4.69) is 36.1 Å². The SMILES string of the molecule is Cc1ccc(OCC(=O)N2CCC(c3c[nH]c4ncccc34)CC2)cc1C. The zero-order chi connectivity index (χ0) is 18.8. The molecule has 5 heteroatoms. The number of aromatic amines is 1. The molecule has 3 aromatic rings. The average Bonchev–Trinajstić information content (AvgIpc) is 3.13. The topological polar surface area (TPSA) is 58.2 Å². The molecule has 140 valence electrons. The van der Waals surface area contributed by atoms with Crippen LogP contribution in [0.2, 0.25) is 0 Å². The summed E-state index contributed by atoms with van der Waals surface area (Å²) in [6.45, 7) is 5.76. The second kappa shape index (κ2) is 7.43. The fourth-order valence-electron chi connectivity index (χ4n) is 3.79. The molecule has 1 amide bonds. The molecule has 2 aromatic heterocycles. The zero-order valence-electron chi connectivity index (χ0n) is 15.9. The van der Waals surface area contributed by atoms with Gasteiger partial charge in [0.15, 0.2) is 6.61 Å². The number of nitrogens with zero attached hydrogens (tertiary/aromatic N) is 2. The highest BCUT2D eigenvalue weighted by atomic mass is 16.5. The number of ether oxygens (including phenoxy) is 1. The Morgan fingerprint density at radius 3 is 2.81 bits per heavy atom. The standard InChI is InChI=1S/C22H25N3O2/c1-15-5-6-18(12-16(15)2)27-14-21(26)25-10-7-17(8-11-25)20-13-24-22-19(20)4-3-9-23-22/h3-6,9,12-13,17H,7-8,10-11,14H2,1-2H3,(H,23,24). The second-order valence-corrected chi connectivity index (χ2v) is 7.33. The predicted octanol–water partition coefficient (Wildman–Crippen LogP) is 3.96. The van der Waals surface area contributed by atoms with E-state index in [0.29, 0.717) is 5.92 Å². The summed E-state index contributed by atoms with van der Waals surface area (Å²) in [4.78, 5) is 22.1. The van der Waals surface area contributed by atoms with Gasteiger partial charge < -0.3 is 14.6 Å². The highest BCUT2D eigenvalue weighted by Gasteiger charge is 2.25. The molecule has 0 atom stereocenters. The molecule has 1 aliphatic rings. The zero-order valence-corrected chi connectivity index (χ0v) is 15.9. The Hall–Kier alpha value is -2.82. The number of amides is 1. The highest BCUT2D eigenvalue weighted by molar-refractivity contribution is 5.80. The lowest BCUT2D eigenvalue weighted by Gasteiger charge is -2.32. The number of nitrogens with one attached hydrogen (secondary N) is 1. The Kier molecular flexibility index (Phi) is 4.84. The van der Waals surface area contributed by atoms with E-state index in [9.17, 15) is 4.79 Å². The molecule has 4 rings (SSSR count). The largest absolute Gasteiger partial charge is 0.484 e. The predicted molar refractivity (Wildman–Crippen MR) is 106 cm³/mol. The number of hydrogen-bond donors (Lipinski definition) is 1. The Morgan fingerprint density at radius 2 is 2.04 bits per heavy atom. The minimum atomic E-state index is 0.0623. The van der Waals surface area contributed by atoms with Crippen molar-refractivity contribution in [3.63, 3.8) is 0 Å². The van der Waals surface area contributed by atoms with Crippen LogP contribution in [-0.4, -0.2) is 40.5 Å². The molecule has 0 unspecified atom stereocenters. The van der Waals surface area contributed by atoms with E-state index in [1.165, 1.54) is 22.1 Å². The molecule has 1 saturated heterocycles. The van der Waals surface area contributed by atoms with E-state index in [-0.39, 0.29) is 12.5 Å². The summed E-state index contributed by atoms with van der Waals surface area (Å²) in [5, 5.41) is 1.19. The van der Waals surface area contributed by atoms with Gasteiger partial charge in [-0.15, -0.1) is 0 Å². The Morgan fingerprint density at radius 1 is 1.22 bits per heavy atom. The summed E-state index contributed by atoms with van der Waals surface area (Å²) in [5.41, 5.74) is 4.65. The van der Waals surface area contributed by atoms with Crippen molar-refractivity contribution < 1.29 is 9.53 Å². The first kappa shape index (κ1) is 17.6. The third kappa shape index (κ3) is 3.68. The van der Waals surface area contributed by atoms with Crippen LogP contribution in [0.15, 0.2) is 42.7 Å². The minimum absolute atomic E-state index is 0.0623. The number of aromatic nitrogens is 2. The summed E-state index contributed by atoms with van der Waals surface area (Å²) in [5.74, 6) is 1.28. The fraction of sp³-hybridized carbons (Fsp3) is 0.364. The maximum atomic E-state index is 12.5. The fourth-order valence-corrected chi connectivity index (χ4v) is 3.79. The summed E-state index contributed by atoms with van der Waals surface area (Å²) < 4.78 is 5.71. The first-order chi connectivity index (χ1) is 13.1. The Labute approximate surface area is 159 Å². The van der Waals surface area contributed by atoms with Gasteiger partial charge in [0.05, 0.1) is 0 Å². The van der Waals surface area contributed by atoms with Crippen LogP contribution in [0.4, 0.5) is 0 Å². The third-order valence-corrected chi connectivity index (χ3v) is 5.61. The lowest BCUT2D eigenvalue weighted by Crippen LogP contribution is -2.40. The van der Waals surface area contributed by atoms with Crippen LogP contribution in [0, 0.1) is 13.8 Å². The van der Waals surface area contributed by atoms with Gasteiger partial charge in [0.2, 0.25) is 0 Å². The van der Waals surface area contributed by atoms with Crippen molar-refractivity contribution in [3.8, 4) is 5.75 Å². The van der Waals surface area contributed by atoms with Gasteiger partial charge in [-0.2, -0.15) is 0 Å². The molecule has 27 heavy (non-hydrogen) atoms. The van der Waals surface area contributed by atoms with Crippen LogP contribution in [0.3, 0.4) is 0 Å². The molecule has 0 radical (unpaired) electrons. The molecule has 5 nitrogen and oxygen atoms in total. The number of piperidine rings is 1. The van der Waals surface area contributed by atoms with Crippen molar-refractivity contribution in [2.75, 3.05) is 19.7 Å². The smallest absolute Gasteiger partial charge is 0.260 e. The number of aryl methyl sites for hydroxylation is 2. The molecule has 0 bridgehead atoms. The Bertz CT molecular complexity index is 955. The molecular formula is C22H25N3O2. The molecule has 1 N–H and O–H groups in total. The number of H-pyrrole nitrogens is 1. The Balaban J connectivity index is 1.33. The van der Waals surface area contributed by atoms with Crippen LogP contribution in [0.1, 0.15) is 35.4 Å². The molecule has 3 heterocycles. The van der Waals surface area contributed by atoms with Crippen molar-refractivity contribution in [2.24, 2.45) is 0 Å². The molecule has 0 spiro atoms. The maximum absolute atomic E-state index is 12.5. The van der Waals surface area contributed by atoms with Crippen molar-refractivity contribution >= 4 is 16.9 Å². The van der Waals surface area contributed by atoms with Gasteiger partial charge in [0, 0.05) is 30.9 Å². The van der Waals surface area contributed by atoms with E-state index in [0.717, 1.165) is 37.3 Å². The van der Waals surface area contributed by atoms with E-state index in [4.69, 9.17) is 4.74 Å². The number of hydrogen-bond acceptors (Lipinski definition) is 3. The monoisotopic (exact) mass is 363 g/mol. The van der Waals surface area contributed by atoms with E-state index < -0.39 is 0 Å². The normalized spacial score (nSPS) is 15.3. The number of carbonyl (C=O) groups excluding carboxylic acids is 1. The van der Waals surface area contributed by atoms with Gasteiger partial charge in [-0.25, -0.2) is 4.98 Å². The summed E-state index contributed by atoms with van der Waals surface area (Å²) >= 11 is 0. The van der Waals surface area contributed by atoms with Crippen LogP contribution < -0.4 is 4.74 Å². The van der Waals surface area contributed by atoms with Crippen molar-refractivity contribution in [1.82, 2.24) is 14.9 Å². The number of rotatable bonds is 4. The quantitative estimate of drug-likeness (QED) is 0.763. The lowest BCUT2D eigenvalue weighted by atomic mass is 9.89. The lowest BCUT2D eigenvalue weighted by molar-refractivity contribution is -0.134. The van der Waals surface area contributed by atoms with Crippen molar-refractivity contribution in [1.29, 1.82) is 0 Å². The summed E-state index contributed by atoms with van der Waals surface area (Å²) in [6, 6.07) is 10.0. The minimum Gasteiger partial charge on any atom is -0.484 e. The average molecular weight is 363 g/mol. The van der Waals surface area contributed by atoms with Gasteiger partial charge in [-0.05, 0) is 73.6 Å². The number of carbonyl (C=O) groups is 1. The molecule has 1 aromatic carbocycles. The first-order valence-corrected chi connectivity index (χ1v) is 9.51. The van der Waals surface area contributed by atoms with Gasteiger partial charge >= 0.3 is 0 Å². The number of fused-ring (bicyclic) bond motifs is 1. The van der Waals surface area contributed by atoms with Gasteiger partial charge in [-0.1, -0.05) is 6.07 Å². The van der Waals surface area contributed by atoms with Crippen LogP contribution in [0.25, 0.3) is 11.0 Å². The van der Waals surface area contributed by atoms with Crippen molar-refractivity contribution in [2.45, 2.75) is 32.6 Å².